The summed E-state index contributed by atoms with van der Waals surface area (Å²) in [4.78, 5) is 138. The number of anilines is 3. The zero-order chi connectivity index (χ0) is 57.6. The average molecular weight is 1110 g/mol. The van der Waals surface area contributed by atoms with E-state index in [-0.39, 0.29) is 62.5 Å². The van der Waals surface area contributed by atoms with Gasteiger partial charge in [-0.15, -0.1) is 0 Å². The quantitative estimate of drug-likeness (QED) is 0.0255. The van der Waals surface area contributed by atoms with Crippen LogP contribution in [-0.4, -0.2) is 151 Å². The van der Waals surface area contributed by atoms with Crippen molar-refractivity contribution in [3.05, 3.63) is 120 Å². The molecule has 1 aromatic heterocycles. The van der Waals surface area contributed by atoms with Crippen molar-refractivity contribution in [3.8, 4) is 5.75 Å². The summed E-state index contributed by atoms with van der Waals surface area (Å²) in [6, 6.07) is 18.4. The molecule has 0 aliphatic carbocycles. The summed E-state index contributed by atoms with van der Waals surface area (Å²) in [5.41, 5.74) is 14.0. The van der Waals surface area contributed by atoms with Crippen LogP contribution in [0.1, 0.15) is 71.4 Å². The highest BCUT2D eigenvalue weighted by Crippen LogP contribution is 2.41. The van der Waals surface area contributed by atoms with Crippen LogP contribution in [0.3, 0.4) is 0 Å². The Morgan fingerprint density at radius 2 is 1.43 bits per heavy atom. The van der Waals surface area contributed by atoms with E-state index in [0.29, 0.717) is 79.0 Å². The Bertz CT molecular complexity index is 3280. The molecule has 24 heteroatoms. The number of primary amides is 2. The van der Waals surface area contributed by atoms with Crippen molar-refractivity contribution in [3.63, 3.8) is 0 Å². The van der Waals surface area contributed by atoms with Gasteiger partial charge in [-0.1, -0.05) is 42.8 Å². The van der Waals surface area contributed by atoms with Gasteiger partial charge in [0.25, 0.3) is 29.5 Å². The Kier molecular flexibility index (Phi) is 19.1. The summed E-state index contributed by atoms with van der Waals surface area (Å²) in [6.45, 7) is 3.45. The normalized spacial score (nSPS) is 14.9. The minimum absolute atomic E-state index is 0.0231. The number of carbonyl (C=O) groups is 10. The van der Waals surface area contributed by atoms with Crippen LogP contribution in [0.25, 0.3) is 21.7 Å². The molecule has 1 saturated heterocycles. The van der Waals surface area contributed by atoms with Gasteiger partial charge in [-0.05, 0) is 105 Å². The van der Waals surface area contributed by atoms with Crippen LogP contribution in [0.5, 0.6) is 5.75 Å². The van der Waals surface area contributed by atoms with E-state index in [0.717, 1.165) is 34.3 Å². The van der Waals surface area contributed by atoms with Crippen molar-refractivity contribution in [1.82, 2.24) is 41.0 Å². The number of nitrogens with two attached hydrogens (primary N) is 2. The van der Waals surface area contributed by atoms with Gasteiger partial charge in [0, 0.05) is 110 Å². The van der Waals surface area contributed by atoms with Gasteiger partial charge in [0.15, 0.2) is 0 Å². The molecule has 8 rings (SSSR count). The highest BCUT2D eigenvalue weighted by Gasteiger charge is 2.32. The average Bonchev–Trinajstić information content (AvgIpc) is 4.34. The number of carbonyl (C=O) groups excluding carboxylic acids is 10. The maximum atomic E-state index is 14.3. The Morgan fingerprint density at radius 3 is 2.16 bits per heavy atom. The third-order valence-corrected chi connectivity index (χ3v) is 14.0. The van der Waals surface area contributed by atoms with Crippen molar-refractivity contribution in [2.24, 2.45) is 11.5 Å². The van der Waals surface area contributed by atoms with E-state index in [4.69, 9.17) is 16.2 Å². The standard InChI is InChI=1S/C57H65N13O11/c1-67-28-30-68(31-29-67)57(80)81-47-34-46-40(39-10-4-5-11-41(39)47)23-27-69(46)54(77)45-33-36-32-38(19-20-42(36)64-45)63-51(74)35-15-17-37(18-16-35)62-52(75)44(12-6-7-24-60-55(58)78)66-53(76)43(13-9-25-61-56(59)79)65-48(71)14-3-2-8-26-70-49(72)21-22-50(70)73/h4-6,10-12,15-22,32-34,43-44,64H,2-3,7-9,13-14,23-31H2,1H3,(H,62,75)(H,63,74)(H,65,71)(H,66,76)(H3,58,60,78)(H3,59,61,79)/b12-6+/t43-,44?/m0/s1. The van der Waals surface area contributed by atoms with Gasteiger partial charge >= 0.3 is 18.2 Å². The molecule has 3 aliphatic rings. The van der Waals surface area contributed by atoms with Crippen LogP contribution in [0.15, 0.2) is 103 Å². The molecule has 11 N–H and O–H groups in total. The first kappa shape index (κ1) is 57.6. The van der Waals surface area contributed by atoms with Crippen LogP contribution >= 0.6 is 0 Å². The number of benzene rings is 4. The molecular formula is C57H65N13O11. The van der Waals surface area contributed by atoms with Crippen molar-refractivity contribution >= 4 is 98.2 Å². The summed E-state index contributed by atoms with van der Waals surface area (Å²) >= 11 is 0. The fourth-order valence-electron chi connectivity index (χ4n) is 9.68. The van der Waals surface area contributed by atoms with Crippen molar-refractivity contribution in [1.29, 1.82) is 0 Å². The maximum Gasteiger partial charge on any atom is 0.415 e. The fraction of sp³-hybridized carbons (Fsp3) is 0.333. The third kappa shape index (κ3) is 15.2. The number of nitrogens with one attached hydrogen (secondary N) is 7. The molecule has 12 amide bonds. The lowest BCUT2D eigenvalue weighted by Gasteiger charge is -2.31. The lowest BCUT2D eigenvalue weighted by Crippen LogP contribution is -2.52. The molecule has 1 fully saturated rings. The number of aromatic nitrogens is 1. The summed E-state index contributed by atoms with van der Waals surface area (Å²) in [5, 5.41) is 18.2. The minimum Gasteiger partial charge on any atom is -0.409 e. The lowest BCUT2D eigenvalue weighted by atomic mass is 10.0. The monoisotopic (exact) mass is 1110 g/mol. The van der Waals surface area contributed by atoms with E-state index in [1.807, 2.05) is 31.3 Å². The van der Waals surface area contributed by atoms with E-state index in [9.17, 15) is 47.9 Å². The van der Waals surface area contributed by atoms with Gasteiger partial charge in [0.1, 0.15) is 23.5 Å². The van der Waals surface area contributed by atoms with Gasteiger partial charge in [0.05, 0.1) is 5.69 Å². The van der Waals surface area contributed by atoms with E-state index in [2.05, 4.69) is 41.8 Å². The first-order valence-electron chi connectivity index (χ1n) is 26.7. The van der Waals surface area contributed by atoms with Gasteiger partial charge in [-0.25, -0.2) is 14.4 Å². The number of urea groups is 2. The van der Waals surface area contributed by atoms with E-state index in [1.54, 1.807) is 46.2 Å². The zero-order valence-electron chi connectivity index (χ0n) is 44.7. The Labute approximate surface area is 466 Å². The van der Waals surface area contributed by atoms with Crippen LogP contribution in [0, 0.1) is 0 Å². The molecule has 81 heavy (non-hydrogen) atoms. The molecular weight excluding hydrogens is 1040 g/mol. The van der Waals surface area contributed by atoms with E-state index >= 15 is 0 Å². The van der Waals surface area contributed by atoms with Gasteiger partial charge in [0.2, 0.25) is 11.8 Å². The molecule has 4 heterocycles. The van der Waals surface area contributed by atoms with Gasteiger partial charge in [-0.3, -0.25) is 38.5 Å². The molecule has 0 radical (unpaired) electrons. The van der Waals surface area contributed by atoms with Crippen LogP contribution < -0.4 is 53.0 Å². The lowest BCUT2D eigenvalue weighted by molar-refractivity contribution is -0.137. The number of nitrogens with zero attached hydrogens (tertiary/aromatic N) is 4. The van der Waals surface area contributed by atoms with Gasteiger partial charge < -0.3 is 67.8 Å². The molecule has 3 aliphatic heterocycles. The molecule has 0 spiro atoms. The van der Waals surface area contributed by atoms with Crippen molar-refractivity contribution in [2.75, 3.05) is 74.9 Å². The number of unbranched alkanes of at least 4 members (excludes halogenated alkanes) is 2. The van der Waals surface area contributed by atoms with Crippen LogP contribution in [0.2, 0.25) is 0 Å². The Morgan fingerprint density at radius 1 is 0.728 bits per heavy atom. The number of ether oxygens (including phenoxy) is 1. The second kappa shape index (κ2) is 26.9. The number of imide groups is 1. The topological polar surface area (TPSA) is 333 Å². The first-order valence-corrected chi connectivity index (χ1v) is 26.7. The van der Waals surface area contributed by atoms with Crippen LogP contribution in [-0.2, 0) is 30.4 Å². The van der Waals surface area contributed by atoms with Crippen molar-refractivity contribution in [2.45, 2.75) is 63.5 Å². The molecule has 24 nitrogen and oxygen atoms in total. The second-order valence-corrected chi connectivity index (χ2v) is 19.8. The number of hydrogen-bond donors (Lipinski definition) is 9. The van der Waals surface area contributed by atoms with Crippen molar-refractivity contribution < 1.29 is 52.7 Å². The maximum absolute atomic E-state index is 14.3. The SMILES string of the molecule is CN1CCN(C(=O)Oc2cc3c(c4ccccc24)CCN3C(=O)c2cc3cc(NC(=O)c4ccc(NC(=O)C(/C=C/CCNC(N)=O)NC(=O)[C@H](CCCNC(N)=O)NC(=O)CCCCCN5C(=O)C=CC5=O)cc4)ccc3[nH]2)CC1. The summed E-state index contributed by atoms with van der Waals surface area (Å²) < 4.78 is 6.02. The summed E-state index contributed by atoms with van der Waals surface area (Å²) in [6.07, 6.45) is 7.47. The number of aromatic amines is 1. The Balaban J connectivity index is 0.887. The molecule has 1 unspecified atom stereocenters. The number of H-pyrrole nitrogens is 1. The van der Waals surface area contributed by atoms with E-state index < -0.39 is 65.7 Å². The summed E-state index contributed by atoms with van der Waals surface area (Å²) in [5.74, 6) is -3.00. The number of fused-ring (bicyclic) bond motifs is 4. The highest BCUT2D eigenvalue weighted by atomic mass is 16.6. The largest absolute Gasteiger partial charge is 0.415 e. The second-order valence-electron chi connectivity index (χ2n) is 19.8. The van der Waals surface area contributed by atoms with Crippen LogP contribution in [0.4, 0.5) is 31.4 Å². The predicted molar refractivity (Wildman–Crippen MR) is 302 cm³/mol. The zero-order valence-corrected chi connectivity index (χ0v) is 44.7. The number of rotatable bonds is 23. The molecule has 0 saturated carbocycles. The predicted octanol–water partition coefficient (Wildman–Crippen LogP) is 3.98. The number of amides is 12. The molecule has 424 valence electrons. The number of hydrogen-bond acceptors (Lipinski definition) is 12. The van der Waals surface area contributed by atoms with Gasteiger partial charge in [-0.2, -0.15) is 0 Å². The molecule has 0 bridgehead atoms. The summed E-state index contributed by atoms with van der Waals surface area (Å²) in [7, 11) is 2.01. The molecule has 4 aromatic carbocycles. The Hall–Kier alpha value is -9.58. The number of piperazine rings is 1. The molecule has 2 atom stereocenters. The number of likely N-dealkylation sites (N-methyl/N-ethyl adjacent to an activating group) is 1. The fourth-order valence-corrected chi connectivity index (χ4v) is 9.68. The highest BCUT2D eigenvalue weighted by molar-refractivity contribution is 6.13. The third-order valence-electron chi connectivity index (χ3n) is 14.0. The first-order chi connectivity index (χ1) is 39.0. The minimum atomic E-state index is -1.30. The smallest absolute Gasteiger partial charge is 0.409 e. The molecule has 5 aromatic rings. The van der Waals surface area contributed by atoms with E-state index in [1.165, 1.54) is 42.5 Å².